The highest BCUT2D eigenvalue weighted by Gasteiger charge is 2.41. The number of H-pyrrole nitrogens is 1. The average molecular weight is 289 g/mol. The number of nitrogens with zero attached hydrogens (tertiary/aromatic N) is 2. The molecule has 20 heavy (non-hydrogen) atoms. The lowest BCUT2D eigenvalue weighted by molar-refractivity contribution is -0.0980. The zero-order valence-corrected chi connectivity index (χ0v) is 12.3. The summed E-state index contributed by atoms with van der Waals surface area (Å²) in [6.45, 7) is 4.07. The van der Waals surface area contributed by atoms with E-state index < -0.39 is 0 Å². The highest BCUT2D eigenvalue weighted by Crippen LogP contribution is 2.43. The zero-order valence-electron chi connectivity index (χ0n) is 11.5. The number of ether oxygens (including phenoxy) is 1. The topological polar surface area (TPSA) is 41.1 Å². The summed E-state index contributed by atoms with van der Waals surface area (Å²) < 4.78 is 6.24. The molecule has 0 aliphatic carbocycles. The summed E-state index contributed by atoms with van der Waals surface area (Å²) >= 11 is 1.89. The van der Waals surface area contributed by atoms with Crippen molar-refractivity contribution < 1.29 is 4.74 Å². The Bertz CT molecular complexity index is 570. The molecular weight excluding hydrogens is 270 g/mol. The molecule has 5 heteroatoms. The number of nitrogens with one attached hydrogen (secondary N) is 1. The van der Waals surface area contributed by atoms with Crippen LogP contribution < -0.4 is 0 Å². The van der Waals surface area contributed by atoms with Crippen LogP contribution in [0.2, 0.25) is 0 Å². The van der Waals surface area contributed by atoms with Crippen molar-refractivity contribution in [1.29, 1.82) is 0 Å². The number of hydrogen-bond acceptors (Lipinski definition) is 4. The number of fused-ring (bicyclic) bond motifs is 2. The molecule has 1 N–H and O–H groups in total. The third-order valence-electron chi connectivity index (χ3n) is 4.57. The van der Waals surface area contributed by atoms with Gasteiger partial charge in [0.2, 0.25) is 0 Å². The molecule has 0 aromatic carbocycles. The van der Waals surface area contributed by atoms with Crippen molar-refractivity contribution in [2.24, 2.45) is 0 Å². The third kappa shape index (κ3) is 2.10. The summed E-state index contributed by atoms with van der Waals surface area (Å²) in [4.78, 5) is 4.04. The second-order valence-corrected chi connectivity index (χ2v) is 6.73. The van der Waals surface area contributed by atoms with Gasteiger partial charge in [0.05, 0.1) is 18.4 Å². The van der Waals surface area contributed by atoms with Crippen LogP contribution in [-0.4, -0.2) is 34.8 Å². The Balaban J connectivity index is 1.47. The van der Waals surface area contributed by atoms with Gasteiger partial charge in [-0.15, -0.1) is 11.3 Å². The van der Waals surface area contributed by atoms with Crippen molar-refractivity contribution in [2.75, 3.05) is 19.7 Å². The lowest BCUT2D eigenvalue weighted by atomic mass is 9.82. The minimum atomic E-state index is 0.000476. The highest BCUT2D eigenvalue weighted by molar-refractivity contribution is 7.10. The maximum atomic E-state index is 6.24. The Morgan fingerprint density at radius 2 is 2.30 bits per heavy atom. The fourth-order valence-corrected chi connectivity index (χ4v) is 4.42. The molecule has 1 saturated heterocycles. The maximum absolute atomic E-state index is 6.24. The summed E-state index contributed by atoms with van der Waals surface area (Å²) in [6.07, 6.45) is 7.20. The fraction of sp³-hybridized carbons (Fsp3) is 0.533. The van der Waals surface area contributed by atoms with Crippen LogP contribution in [0.1, 0.15) is 28.8 Å². The Hall–Kier alpha value is -1.17. The summed E-state index contributed by atoms with van der Waals surface area (Å²) in [5.74, 6) is 0. The van der Waals surface area contributed by atoms with Crippen LogP contribution in [0.3, 0.4) is 0 Å². The molecule has 4 heterocycles. The van der Waals surface area contributed by atoms with E-state index >= 15 is 0 Å². The molecule has 4 nitrogen and oxygen atoms in total. The van der Waals surface area contributed by atoms with E-state index in [9.17, 15) is 0 Å². The molecule has 0 saturated carbocycles. The first-order valence-corrected chi connectivity index (χ1v) is 8.15. The third-order valence-corrected chi connectivity index (χ3v) is 5.55. The molecule has 2 aliphatic rings. The number of likely N-dealkylation sites (tertiary alicyclic amines) is 1. The molecule has 1 spiro atoms. The first-order chi connectivity index (χ1) is 9.86. The van der Waals surface area contributed by atoms with Crippen molar-refractivity contribution in [3.63, 3.8) is 0 Å². The molecule has 0 atom stereocenters. The number of piperidine rings is 1. The van der Waals surface area contributed by atoms with Gasteiger partial charge in [0.25, 0.3) is 0 Å². The van der Waals surface area contributed by atoms with Gasteiger partial charge in [0.15, 0.2) is 0 Å². The smallest absolute Gasteiger partial charge is 0.0966 e. The lowest BCUT2D eigenvalue weighted by Gasteiger charge is -2.44. The van der Waals surface area contributed by atoms with E-state index in [0.29, 0.717) is 0 Å². The second-order valence-electron chi connectivity index (χ2n) is 5.73. The molecule has 2 aromatic heterocycles. The van der Waals surface area contributed by atoms with Crippen LogP contribution in [0.5, 0.6) is 0 Å². The molecule has 4 rings (SSSR count). The zero-order chi connectivity index (χ0) is 13.4. The summed E-state index contributed by atoms with van der Waals surface area (Å²) in [5, 5.41) is 9.13. The fourth-order valence-electron chi connectivity index (χ4n) is 3.47. The number of thiophene rings is 1. The predicted octanol–water partition coefficient (Wildman–Crippen LogP) is 2.54. The monoisotopic (exact) mass is 289 g/mol. The molecule has 0 bridgehead atoms. The van der Waals surface area contributed by atoms with Gasteiger partial charge in [0.1, 0.15) is 0 Å². The Labute approximate surface area is 122 Å². The van der Waals surface area contributed by atoms with E-state index in [0.717, 1.165) is 45.5 Å². The maximum Gasteiger partial charge on any atom is 0.0966 e. The molecule has 2 aromatic rings. The van der Waals surface area contributed by atoms with E-state index in [4.69, 9.17) is 4.74 Å². The molecule has 106 valence electrons. The van der Waals surface area contributed by atoms with Crippen molar-refractivity contribution in [2.45, 2.75) is 31.4 Å². The summed E-state index contributed by atoms with van der Waals surface area (Å²) in [7, 11) is 0. The molecular formula is C15H19N3OS. The van der Waals surface area contributed by atoms with Crippen LogP contribution in [0, 0.1) is 0 Å². The van der Waals surface area contributed by atoms with Crippen molar-refractivity contribution >= 4 is 11.3 Å². The summed E-state index contributed by atoms with van der Waals surface area (Å²) in [6, 6.07) is 2.28. The van der Waals surface area contributed by atoms with Gasteiger partial charge >= 0.3 is 0 Å². The van der Waals surface area contributed by atoms with Gasteiger partial charge in [-0.3, -0.25) is 10.00 Å². The van der Waals surface area contributed by atoms with Crippen LogP contribution >= 0.6 is 11.3 Å². The standard InChI is InChI=1S/C15H19N3OS/c1-7-19-15(13-2-8-20-14(1)13)3-5-18(6-4-15)11-12-9-16-17-10-12/h2,8-10H,1,3-7,11H2,(H,16,17). The normalized spacial score (nSPS) is 22.0. The number of rotatable bonds is 2. The van der Waals surface area contributed by atoms with Gasteiger partial charge in [-0.25, -0.2) is 0 Å². The van der Waals surface area contributed by atoms with E-state index in [-0.39, 0.29) is 5.60 Å². The van der Waals surface area contributed by atoms with Gasteiger partial charge in [-0.2, -0.15) is 5.10 Å². The minimum absolute atomic E-state index is 0.000476. The van der Waals surface area contributed by atoms with E-state index in [1.54, 1.807) is 4.88 Å². The first-order valence-electron chi connectivity index (χ1n) is 7.27. The predicted molar refractivity (Wildman–Crippen MR) is 78.8 cm³/mol. The van der Waals surface area contributed by atoms with Crippen molar-refractivity contribution in [3.05, 3.63) is 39.8 Å². The van der Waals surface area contributed by atoms with Gasteiger partial charge < -0.3 is 4.74 Å². The van der Waals surface area contributed by atoms with Crippen molar-refractivity contribution in [3.8, 4) is 0 Å². The quantitative estimate of drug-likeness (QED) is 0.923. The van der Waals surface area contributed by atoms with Gasteiger partial charge in [-0.1, -0.05) is 0 Å². The molecule has 2 aliphatic heterocycles. The Morgan fingerprint density at radius 3 is 3.10 bits per heavy atom. The number of aromatic nitrogens is 2. The minimum Gasteiger partial charge on any atom is -0.370 e. The molecule has 0 amide bonds. The van der Waals surface area contributed by atoms with E-state index in [1.165, 1.54) is 11.1 Å². The lowest BCUT2D eigenvalue weighted by Crippen LogP contribution is -2.45. The average Bonchev–Trinajstić information content (AvgIpc) is 3.13. The van der Waals surface area contributed by atoms with E-state index in [1.807, 2.05) is 23.7 Å². The summed E-state index contributed by atoms with van der Waals surface area (Å²) in [5.41, 5.74) is 2.74. The van der Waals surface area contributed by atoms with Crippen LogP contribution in [0.4, 0.5) is 0 Å². The van der Waals surface area contributed by atoms with E-state index in [2.05, 4.69) is 26.5 Å². The van der Waals surface area contributed by atoms with Gasteiger partial charge in [-0.05, 0) is 29.9 Å². The van der Waals surface area contributed by atoms with Crippen molar-refractivity contribution in [1.82, 2.24) is 15.1 Å². The second kappa shape index (κ2) is 4.98. The number of hydrogen-bond donors (Lipinski definition) is 1. The molecule has 0 unspecified atom stereocenters. The Morgan fingerprint density at radius 1 is 1.40 bits per heavy atom. The largest absolute Gasteiger partial charge is 0.370 e. The van der Waals surface area contributed by atoms with Gasteiger partial charge in [0, 0.05) is 42.7 Å². The molecule has 0 radical (unpaired) electrons. The highest BCUT2D eigenvalue weighted by atomic mass is 32.1. The number of aromatic amines is 1. The SMILES string of the molecule is c1cc2c(s1)CCOC21CCN(Cc2cn[nH]c2)CC1. The Kier molecular flexibility index (Phi) is 3.13. The molecule has 1 fully saturated rings. The van der Waals surface area contributed by atoms with Crippen LogP contribution in [0.15, 0.2) is 23.8 Å². The van der Waals surface area contributed by atoms with Crippen LogP contribution in [-0.2, 0) is 23.3 Å². The van der Waals surface area contributed by atoms with Crippen LogP contribution in [0.25, 0.3) is 0 Å². The first kappa shape index (κ1) is 12.6.